The number of rotatable bonds is 0. The van der Waals surface area contributed by atoms with Gasteiger partial charge in [0.2, 0.25) is 11.8 Å². The number of amides is 2. The molecule has 1 saturated heterocycles. The molecule has 3 rings (SSSR count). The Morgan fingerprint density at radius 2 is 1.62 bits per heavy atom. The van der Waals surface area contributed by atoms with Crippen molar-refractivity contribution in [3.63, 3.8) is 0 Å². The number of imide groups is 1. The lowest BCUT2D eigenvalue weighted by molar-refractivity contribution is -0.138. The third-order valence-corrected chi connectivity index (χ3v) is 3.69. The highest BCUT2D eigenvalue weighted by atomic mass is 16.2. The SMILES string of the molecule is CN1C(=O)[C@@H]2[C@H](C1=O)[C@@H]1C=C[C@H]2C1. The zero-order chi connectivity index (χ0) is 9.16. The van der Waals surface area contributed by atoms with Crippen LogP contribution in [0.5, 0.6) is 0 Å². The number of allylic oxidation sites excluding steroid dienone is 2. The summed E-state index contributed by atoms with van der Waals surface area (Å²) in [7, 11) is 1.60. The molecule has 1 heterocycles. The van der Waals surface area contributed by atoms with Crippen LogP contribution in [0.15, 0.2) is 12.2 Å². The van der Waals surface area contributed by atoms with Gasteiger partial charge >= 0.3 is 0 Å². The molecule has 0 N–H and O–H groups in total. The number of hydrogen-bond acceptors (Lipinski definition) is 2. The zero-order valence-electron chi connectivity index (χ0n) is 7.43. The number of carbonyl (C=O) groups excluding carboxylic acids is 2. The van der Waals surface area contributed by atoms with Gasteiger partial charge < -0.3 is 0 Å². The molecule has 2 fully saturated rings. The van der Waals surface area contributed by atoms with E-state index in [0.717, 1.165) is 6.42 Å². The van der Waals surface area contributed by atoms with Crippen molar-refractivity contribution in [2.24, 2.45) is 23.7 Å². The first-order valence-corrected chi connectivity index (χ1v) is 4.70. The summed E-state index contributed by atoms with van der Waals surface area (Å²) in [5.41, 5.74) is 0. The Hall–Kier alpha value is -1.12. The maximum Gasteiger partial charge on any atom is 0.233 e. The quantitative estimate of drug-likeness (QED) is 0.397. The van der Waals surface area contributed by atoms with Gasteiger partial charge in [0.15, 0.2) is 0 Å². The predicted octanol–water partition coefficient (Wildman–Crippen LogP) is 0.423. The van der Waals surface area contributed by atoms with Crippen molar-refractivity contribution in [1.29, 1.82) is 0 Å². The molecule has 2 amide bonds. The number of likely N-dealkylation sites (tertiary alicyclic amines) is 1. The molecule has 1 saturated carbocycles. The van der Waals surface area contributed by atoms with Crippen molar-refractivity contribution in [3.8, 4) is 0 Å². The molecule has 0 spiro atoms. The molecule has 0 radical (unpaired) electrons. The van der Waals surface area contributed by atoms with Gasteiger partial charge in [-0.3, -0.25) is 14.5 Å². The van der Waals surface area contributed by atoms with Crippen molar-refractivity contribution < 1.29 is 9.59 Å². The summed E-state index contributed by atoms with van der Waals surface area (Å²) in [5, 5.41) is 0. The molecule has 3 heteroatoms. The first-order chi connectivity index (χ1) is 6.20. The summed E-state index contributed by atoms with van der Waals surface area (Å²) in [6, 6.07) is 0. The molecule has 3 aliphatic rings. The lowest BCUT2D eigenvalue weighted by Crippen LogP contribution is -2.28. The lowest BCUT2D eigenvalue weighted by atomic mass is 9.85. The molecule has 0 aromatic carbocycles. The Balaban J connectivity index is 2.08. The third kappa shape index (κ3) is 0.666. The van der Waals surface area contributed by atoms with E-state index in [4.69, 9.17) is 0 Å². The molecule has 3 nitrogen and oxygen atoms in total. The average Bonchev–Trinajstić information content (AvgIpc) is 2.76. The second kappa shape index (κ2) is 2.03. The lowest BCUT2D eigenvalue weighted by Gasteiger charge is -2.14. The van der Waals surface area contributed by atoms with Crippen molar-refractivity contribution in [3.05, 3.63) is 12.2 Å². The minimum atomic E-state index is -0.0208. The van der Waals surface area contributed by atoms with Crippen molar-refractivity contribution in [2.75, 3.05) is 7.05 Å². The van der Waals surface area contributed by atoms with Crippen LogP contribution in [0.3, 0.4) is 0 Å². The van der Waals surface area contributed by atoms with Gasteiger partial charge in [-0.15, -0.1) is 0 Å². The summed E-state index contributed by atoms with van der Waals surface area (Å²) in [4.78, 5) is 24.6. The minimum absolute atomic E-state index is 0.0208. The van der Waals surface area contributed by atoms with E-state index >= 15 is 0 Å². The molecular formula is C10H11NO2. The highest BCUT2D eigenvalue weighted by Crippen LogP contribution is 2.52. The fourth-order valence-electron chi connectivity index (χ4n) is 3.05. The van der Waals surface area contributed by atoms with E-state index in [9.17, 15) is 9.59 Å². The summed E-state index contributed by atoms with van der Waals surface area (Å²) in [6.07, 6.45) is 5.23. The summed E-state index contributed by atoms with van der Waals surface area (Å²) in [6.45, 7) is 0. The highest BCUT2D eigenvalue weighted by Gasteiger charge is 2.58. The second-order valence-electron chi connectivity index (χ2n) is 4.24. The molecule has 0 aromatic rings. The van der Waals surface area contributed by atoms with E-state index in [2.05, 4.69) is 12.2 Å². The summed E-state index contributed by atoms with van der Waals surface area (Å²) >= 11 is 0. The van der Waals surface area contributed by atoms with Crippen LogP contribution < -0.4 is 0 Å². The van der Waals surface area contributed by atoms with Crippen LogP contribution in [0.25, 0.3) is 0 Å². The molecule has 68 valence electrons. The normalized spacial score (nSPS) is 46.4. The highest BCUT2D eigenvalue weighted by molar-refractivity contribution is 6.06. The zero-order valence-corrected chi connectivity index (χ0v) is 7.43. The monoisotopic (exact) mass is 177 g/mol. The number of hydrogen-bond donors (Lipinski definition) is 0. The van der Waals surface area contributed by atoms with Crippen LogP contribution in [0, 0.1) is 23.7 Å². The molecule has 2 aliphatic carbocycles. The van der Waals surface area contributed by atoms with E-state index in [1.807, 2.05) is 0 Å². The largest absolute Gasteiger partial charge is 0.285 e. The van der Waals surface area contributed by atoms with Gasteiger partial charge in [-0.2, -0.15) is 0 Å². The van der Waals surface area contributed by atoms with E-state index in [1.54, 1.807) is 7.05 Å². The van der Waals surface area contributed by atoms with Crippen molar-refractivity contribution >= 4 is 11.8 Å². The van der Waals surface area contributed by atoms with Gasteiger partial charge in [0.05, 0.1) is 11.8 Å². The molecular weight excluding hydrogens is 166 g/mol. The third-order valence-electron chi connectivity index (χ3n) is 3.69. The van der Waals surface area contributed by atoms with Crippen molar-refractivity contribution in [2.45, 2.75) is 6.42 Å². The Bertz CT molecular complexity index is 304. The minimum Gasteiger partial charge on any atom is -0.285 e. The van der Waals surface area contributed by atoms with Crippen LogP contribution in [0.4, 0.5) is 0 Å². The number of nitrogens with zero attached hydrogens (tertiary/aromatic N) is 1. The van der Waals surface area contributed by atoms with E-state index in [1.165, 1.54) is 4.90 Å². The van der Waals surface area contributed by atoms with E-state index < -0.39 is 0 Å². The molecule has 1 aliphatic heterocycles. The van der Waals surface area contributed by atoms with Gasteiger partial charge in [-0.25, -0.2) is 0 Å². The maximum atomic E-state index is 11.7. The van der Waals surface area contributed by atoms with Gasteiger partial charge in [0.25, 0.3) is 0 Å². The van der Waals surface area contributed by atoms with Gasteiger partial charge in [-0.1, -0.05) is 12.2 Å². The van der Waals surface area contributed by atoms with Crippen LogP contribution in [0.1, 0.15) is 6.42 Å². The predicted molar refractivity (Wildman–Crippen MR) is 45.5 cm³/mol. The second-order valence-corrected chi connectivity index (χ2v) is 4.24. The Morgan fingerprint density at radius 3 is 2.08 bits per heavy atom. The standard InChI is InChI=1S/C10H11NO2/c1-11-9(12)7-5-2-3-6(4-5)8(7)10(11)13/h2-3,5-8H,4H2,1H3/t5-,6+,7-,8+. The smallest absolute Gasteiger partial charge is 0.233 e. The molecule has 13 heavy (non-hydrogen) atoms. The Labute approximate surface area is 76.4 Å². The van der Waals surface area contributed by atoms with Crippen molar-refractivity contribution in [1.82, 2.24) is 4.90 Å². The first-order valence-electron chi connectivity index (χ1n) is 4.70. The van der Waals surface area contributed by atoms with Crippen LogP contribution >= 0.6 is 0 Å². The molecule has 4 atom stereocenters. The van der Waals surface area contributed by atoms with E-state index in [0.29, 0.717) is 11.8 Å². The molecule has 2 bridgehead atoms. The summed E-state index contributed by atoms with van der Waals surface area (Å²) in [5.74, 6) is 0.714. The van der Waals surface area contributed by atoms with Crippen LogP contribution in [-0.2, 0) is 9.59 Å². The summed E-state index contributed by atoms with van der Waals surface area (Å²) < 4.78 is 0. The fourth-order valence-corrected chi connectivity index (χ4v) is 3.05. The maximum absolute atomic E-state index is 11.7. The van der Waals surface area contributed by atoms with Crippen LogP contribution in [-0.4, -0.2) is 23.8 Å². The Kier molecular flexibility index (Phi) is 1.14. The van der Waals surface area contributed by atoms with Gasteiger partial charge in [0, 0.05) is 7.05 Å². The van der Waals surface area contributed by atoms with E-state index in [-0.39, 0.29) is 23.7 Å². The molecule has 0 aromatic heterocycles. The number of fused-ring (bicyclic) bond motifs is 5. The van der Waals surface area contributed by atoms with Gasteiger partial charge in [0.1, 0.15) is 0 Å². The fraction of sp³-hybridized carbons (Fsp3) is 0.600. The average molecular weight is 177 g/mol. The Morgan fingerprint density at radius 1 is 1.15 bits per heavy atom. The van der Waals surface area contributed by atoms with Gasteiger partial charge in [-0.05, 0) is 18.3 Å². The number of carbonyl (C=O) groups is 2. The first kappa shape index (κ1) is 7.30. The van der Waals surface area contributed by atoms with Crippen LogP contribution in [0.2, 0.25) is 0 Å². The topological polar surface area (TPSA) is 37.4 Å². The molecule has 0 unspecified atom stereocenters.